The third-order valence-corrected chi connectivity index (χ3v) is 5.20. The van der Waals surface area contributed by atoms with Gasteiger partial charge >= 0.3 is 0 Å². The zero-order chi connectivity index (χ0) is 17.0. The van der Waals surface area contributed by atoms with E-state index in [1.807, 2.05) is 25.1 Å². The minimum Gasteiger partial charge on any atom is -0.492 e. The fourth-order valence-electron chi connectivity index (χ4n) is 2.07. The molecule has 0 atom stereocenters. The van der Waals surface area contributed by atoms with Gasteiger partial charge in [0.15, 0.2) is 11.5 Å². The van der Waals surface area contributed by atoms with Crippen LogP contribution in [0.15, 0.2) is 29.7 Å². The largest absolute Gasteiger partial charge is 0.492 e. The van der Waals surface area contributed by atoms with E-state index < -0.39 is 0 Å². The minimum absolute atomic E-state index is 0.0938. The van der Waals surface area contributed by atoms with E-state index in [0.717, 1.165) is 9.13 Å². The van der Waals surface area contributed by atoms with Crippen molar-refractivity contribution >= 4 is 62.9 Å². The maximum Gasteiger partial charge on any atom is 0.266 e. The number of nitrogens with zero attached hydrogens (tertiary/aromatic N) is 1. The Balaban J connectivity index is 2.38. The molecule has 1 saturated heterocycles. The van der Waals surface area contributed by atoms with Gasteiger partial charge in [-0.1, -0.05) is 30.1 Å². The van der Waals surface area contributed by atoms with Crippen LogP contribution >= 0.6 is 46.6 Å². The molecule has 23 heavy (non-hydrogen) atoms. The van der Waals surface area contributed by atoms with Crippen LogP contribution in [-0.2, 0) is 4.79 Å². The van der Waals surface area contributed by atoms with Gasteiger partial charge in [-0.15, -0.1) is 6.58 Å². The van der Waals surface area contributed by atoms with E-state index in [-0.39, 0.29) is 5.91 Å². The number of hydrogen-bond donors (Lipinski definition) is 0. The Morgan fingerprint density at radius 1 is 1.48 bits per heavy atom. The Hall–Kier alpha value is -1.06. The number of rotatable bonds is 6. The average Bonchev–Trinajstić information content (AvgIpc) is 2.75. The highest BCUT2D eigenvalue weighted by Crippen LogP contribution is 2.37. The molecular formula is C16H16INO3S2. The van der Waals surface area contributed by atoms with E-state index in [1.54, 1.807) is 13.2 Å². The van der Waals surface area contributed by atoms with Gasteiger partial charge < -0.3 is 9.47 Å². The van der Waals surface area contributed by atoms with Crippen LogP contribution in [0.1, 0.15) is 12.5 Å². The predicted octanol–water partition coefficient (Wildman–Crippen LogP) is 4.09. The van der Waals surface area contributed by atoms with Crippen molar-refractivity contribution in [3.8, 4) is 11.5 Å². The molecule has 1 aromatic rings. The molecule has 0 saturated carbocycles. The van der Waals surface area contributed by atoms with Gasteiger partial charge in [0.25, 0.3) is 5.91 Å². The second kappa shape index (κ2) is 8.16. The number of amides is 1. The van der Waals surface area contributed by atoms with Crippen LogP contribution in [0.4, 0.5) is 0 Å². The standard InChI is InChI=1S/C16H16INO3S2/c1-4-6-18-15(19)13(23-16(18)22)9-10-7-11(17)14(20-3)12(8-10)21-5-2/h4,7-9H,1,5-6H2,2-3H3/b13-9-. The first-order chi connectivity index (χ1) is 11.0. The highest BCUT2D eigenvalue weighted by molar-refractivity contribution is 14.1. The first kappa shape index (κ1) is 18.3. The zero-order valence-electron chi connectivity index (χ0n) is 12.8. The average molecular weight is 461 g/mol. The summed E-state index contributed by atoms with van der Waals surface area (Å²) in [5.74, 6) is 1.27. The van der Waals surface area contributed by atoms with Crippen molar-refractivity contribution < 1.29 is 14.3 Å². The van der Waals surface area contributed by atoms with Crippen molar-refractivity contribution in [3.63, 3.8) is 0 Å². The summed E-state index contributed by atoms with van der Waals surface area (Å²) >= 11 is 8.73. The van der Waals surface area contributed by atoms with Gasteiger partial charge in [0, 0.05) is 6.54 Å². The summed E-state index contributed by atoms with van der Waals surface area (Å²) in [6.45, 7) is 6.53. The third-order valence-electron chi connectivity index (χ3n) is 3.02. The van der Waals surface area contributed by atoms with Gasteiger partial charge in [0.2, 0.25) is 0 Å². The van der Waals surface area contributed by atoms with Crippen LogP contribution in [0.2, 0.25) is 0 Å². The molecule has 1 heterocycles. The van der Waals surface area contributed by atoms with E-state index in [9.17, 15) is 4.79 Å². The molecule has 0 radical (unpaired) electrons. The summed E-state index contributed by atoms with van der Waals surface area (Å²) < 4.78 is 12.5. The number of hydrogen-bond acceptors (Lipinski definition) is 5. The van der Waals surface area contributed by atoms with Crippen molar-refractivity contribution in [2.75, 3.05) is 20.3 Å². The Morgan fingerprint density at radius 3 is 2.83 bits per heavy atom. The Labute approximate surface area is 159 Å². The van der Waals surface area contributed by atoms with Gasteiger partial charge in [-0.2, -0.15) is 0 Å². The lowest BCUT2D eigenvalue weighted by molar-refractivity contribution is -0.121. The topological polar surface area (TPSA) is 38.8 Å². The van der Waals surface area contributed by atoms with E-state index in [4.69, 9.17) is 21.7 Å². The van der Waals surface area contributed by atoms with E-state index in [0.29, 0.717) is 33.9 Å². The number of halogens is 1. The van der Waals surface area contributed by atoms with E-state index >= 15 is 0 Å². The molecule has 1 aliphatic rings. The summed E-state index contributed by atoms with van der Waals surface area (Å²) in [4.78, 5) is 14.5. The van der Waals surface area contributed by atoms with Gasteiger partial charge in [-0.25, -0.2) is 0 Å². The molecule has 0 spiro atoms. The number of thiocarbonyl (C=S) groups is 1. The zero-order valence-corrected chi connectivity index (χ0v) is 16.6. The van der Waals surface area contributed by atoms with Crippen molar-refractivity contribution in [1.82, 2.24) is 4.90 Å². The normalized spacial score (nSPS) is 16.1. The number of thioether (sulfide) groups is 1. The fourth-order valence-corrected chi connectivity index (χ4v) is 4.19. The summed E-state index contributed by atoms with van der Waals surface area (Å²) in [6, 6.07) is 3.81. The summed E-state index contributed by atoms with van der Waals surface area (Å²) in [6.07, 6.45) is 3.49. The monoisotopic (exact) mass is 461 g/mol. The summed E-state index contributed by atoms with van der Waals surface area (Å²) in [5, 5.41) is 0. The van der Waals surface area contributed by atoms with Crippen molar-refractivity contribution in [3.05, 3.63) is 38.8 Å². The smallest absolute Gasteiger partial charge is 0.266 e. The lowest BCUT2D eigenvalue weighted by Gasteiger charge is -2.12. The maximum atomic E-state index is 12.4. The molecule has 0 bridgehead atoms. The van der Waals surface area contributed by atoms with Gasteiger partial charge in [-0.3, -0.25) is 9.69 Å². The summed E-state index contributed by atoms with van der Waals surface area (Å²) in [5.41, 5.74) is 0.873. The molecule has 7 heteroatoms. The molecule has 1 amide bonds. The molecule has 0 unspecified atom stereocenters. The number of ether oxygens (including phenoxy) is 2. The quantitative estimate of drug-likeness (QED) is 0.276. The third kappa shape index (κ3) is 4.07. The van der Waals surface area contributed by atoms with Crippen LogP contribution in [0.5, 0.6) is 11.5 Å². The summed E-state index contributed by atoms with van der Waals surface area (Å²) in [7, 11) is 1.61. The first-order valence-electron chi connectivity index (χ1n) is 6.88. The fraction of sp³-hybridized carbons (Fsp3) is 0.250. The van der Waals surface area contributed by atoms with Crippen LogP contribution in [0, 0.1) is 3.57 Å². The minimum atomic E-state index is -0.0938. The van der Waals surface area contributed by atoms with E-state index in [1.165, 1.54) is 16.7 Å². The maximum absolute atomic E-state index is 12.4. The SMILES string of the molecule is C=CCN1C(=O)/C(=C/c2cc(I)c(OC)c(OCC)c2)SC1=S. The molecular weight excluding hydrogens is 445 g/mol. The molecule has 1 fully saturated rings. The van der Waals surface area contributed by atoms with Gasteiger partial charge in [0.05, 0.1) is 22.2 Å². The highest BCUT2D eigenvalue weighted by atomic mass is 127. The number of methoxy groups -OCH3 is 1. The molecule has 122 valence electrons. The van der Waals surface area contributed by atoms with Crippen LogP contribution < -0.4 is 9.47 Å². The molecule has 1 aromatic carbocycles. The Bertz CT molecular complexity index is 688. The van der Waals surface area contributed by atoms with E-state index in [2.05, 4.69) is 29.2 Å². The van der Waals surface area contributed by atoms with Gasteiger partial charge in [-0.05, 0) is 53.3 Å². The second-order valence-corrected chi connectivity index (χ2v) is 7.39. The predicted molar refractivity (Wildman–Crippen MR) is 107 cm³/mol. The van der Waals surface area contributed by atoms with Crippen molar-refractivity contribution in [2.24, 2.45) is 0 Å². The number of benzene rings is 1. The van der Waals surface area contributed by atoms with Crippen LogP contribution in [0.25, 0.3) is 6.08 Å². The Morgan fingerprint density at radius 2 is 2.22 bits per heavy atom. The second-order valence-electron chi connectivity index (χ2n) is 4.55. The van der Waals surface area contributed by atoms with Gasteiger partial charge in [0.1, 0.15) is 4.32 Å². The van der Waals surface area contributed by atoms with Crippen LogP contribution in [0.3, 0.4) is 0 Å². The van der Waals surface area contributed by atoms with Crippen molar-refractivity contribution in [2.45, 2.75) is 6.92 Å². The lowest BCUT2D eigenvalue weighted by Crippen LogP contribution is -2.27. The Kier molecular flexibility index (Phi) is 6.49. The molecule has 1 aliphatic heterocycles. The highest BCUT2D eigenvalue weighted by Gasteiger charge is 2.31. The molecule has 0 N–H and O–H groups in total. The number of carbonyl (C=O) groups is 1. The molecule has 0 aromatic heterocycles. The first-order valence-corrected chi connectivity index (χ1v) is 9.18. The molecule has 0 aliphatic carbocycles. The molecule has 2 rings (SSSR count). The lowest BCUT2D eigenvalue weighted by atomic mass is 10.2. The molecule has 4 nitrogen and oxygen atoms in total. The number of carbonyl (C=O) groups excluding carboxylic acids is 1. The van der Waals surface area contributed by atoms with Crippen LogP contribution in [-0.4, -0.2) is 35.4 Å². The van der Waals surface area contributed by atoms with Crippen molar-refractivity contribution in [1.29, 1.82) is 0 Å².